The molecule has 1 fully saturated rings. The Bertz CT molecular complexity index is 469. The van der Waals surface area contributed by atoms with Crippen LogP contribution in [0.15, 0.2) is 24.3 Å². The molecule has 2 aliphatic rings. The zero-order valence-electron chi connectivity index (χ0n) is 11.7. The Morgan fingerprint density at radius 1 is 1.30 bits per heavy atom. The van der Waals surface area contributed by atoms with Crippen molar-refractivity contribution in [2.45, 2.75) is 19.4 Å². The highest BCUT2D eigenvalue weighted by atomic mass is 16.5. The third-order valence-electron chi connectivity index (χ3n) is 4.17. The Hall–Kier alpha value is -1.39. The Morgan fingerprint density at radius 3 is 3.00 bits per heavy atom. The van der Waals surface area contributed by atoms with E-state index >= 15 is 0 Å². The number of nitrogens with zero attached hydrogens (tertiary/aromatic N) is 1. The van der Waals surface area contributed by atoms with Crippen molar-refractivity contribution in [2.24, 2.45) is 5.41 Å². The SMILES string of the molecule is O=CC1(CN2CCOc3ccccc3C2)CCCOC1. The Labute approximate surface area is 119 Å². The molecule has 0 radical (unpaired) electrons. The summed E-state index contributed by atoms with van der Waals surface area (Å²) in [6, 6.07) is 8.14. The van der Waals surface area contributed by atoms with Crippen molar-refractivity contribution >= 4 is 6.29 Å². The molecule has 1 saturated heterocycles. The number of para-hydroxylation sites is 1. The molecule has 0 aromatic heterocycles. The van der Waals surface area contributed by atoms with Crippen LogP contribution in [0.5, 0.6) is 5.75 Å². The van der Waals surface area contributed by atoms with Gasteiger partial charge in [-0.15, -0.1) is 0 Å². The minimum atomic E-state index is -0.336. The average Bonchev–Trinajstić information content (AvgIpc) is 2.69. The lowest BCUT2D eigenvalue weighted by Crippen LogP contribution is -2.44. The zero-order chi connectivity index (χ0) is 13.8. The van der Waals surface area contributed by atoms with Gasteiger partial charge in [-0.05, 0) is 18.9 Å². The molecule has 1 aromatic carbocycles. The maximum absolute atomic E-state index is 11.5. The third kappa shape index (κ3) is 2.86. The van der Waals surface area contributed by atoms with E-state index in [9.17, 15) is 4.79 Å². The zero-order valence-corrected chi connectivity index (χ0v) is 11.7. The quantitative estimate of drug-likeness (QED) is 0.790. The predicted octanol–water partition coefficient (Wildman–Crippen LogP) is 1.88. The Kier molecular flexibility index (Phi) is 4.03. The fourth-order valence-electron chi connectivity index (χ4n) is 3.09. The number of carbonyl (C=O) groups excluding carboxylic acids is 1. The largest absolute Gasteiger partial charge is 0.492 e. The second-order valence-electron chi connectivity index (χ2n) is 5.80. The first-order chi connectivity index (χ1) is 9.81. The predicted molar refractivity (Wildman–Crippen MR) is 75.8 cm³/mol. The molecule has 1 aromatic rings. The number of carbonyl (C=O) groups is 1. The van der Waals surface area contributed by atoms with Gasteiger partial charge in [0.1, 0.15) is 18.6 Å². The molecule has 0 saturated carbocycles. The maximum Gasteiger partial charge on any atom is 0.129 e. The van der Waals surface area contributed by atoms with Crippen LogP contribution in [0.3, 0.4) is 0 Å². The highest BCUT2D eigenvalue weighted by molar-refractivity contribution is 5.60. The van der Waals surface area contributed by atoms with E-state index in [1.54, 1.807) is 0 Å². The first-order valence-corrected chi connectivity index (χ1v) is 7.28. The second-order valence-corrected chi connectivity index (χ2v) is 5.80. The number of hydrogen-bond acceptors (Lipinski definition) is 4. The lowest BCUT2D eigenvalue weighted by molar-refractivity contribution is -0.125. The average molecular weight is 275 g/mol. The molecule has 3 rings (SSSR count). The standard InChI is InChI=1S/C16H21NO3/c18-12-16(6-3-8-19-13-16)11-17-7-9-20-15-5-2-1-4-14(15)10-17/h1-2,4-5,12H,3,6-11,13H2. The summed E-state index contributed by atoms with van der Waals surface area (Å²) in [5.41, 5.74) is 0.861. The molecular formula is C16H21NO3. The smallest absolute Gasteiger partial charge is 0.129 e. The number of fused-ring (bicyclic) bond motifs is 1. The number of aldehydes is 1. The normalized spacial score (nSPS) is 27.2. The summed E-state index contributed by atoms with van der Waals surface area (Å²) in [6.45, 7) is 4.45. The van der Waals surface area contributed by atoms with Crippen LogP contribution in [0, 0.1) is 5.41 Å². The minimum absolute atomic E-state index is 0.336. The van der Waals surface area contributed by atoms with Crippen LogP contribution < -0.4 is 4.74 Å². The van der Waals surface area contributed by atoms with E-state index in [0.717, 1.165) is 51.1 Å². The fraction of sp³-hybridized carbons (Fsp3) is 0.562. The first kappa shape index (κ1) is 13.6. The number of benzene rings is 1. The van der Waals surface area contributed by atoms with Crippen LogP contribution in [0.4, 0.5) is 0 Å². The van der Waals surface area contributed by atoms with Crippen molar-refractivity contribution in [1.82, 2.24) is 4.90 Å². The molecule has 4 nitrogen and oxygen atoms in total. The van der Waals surface area contributed by atoms with Crippen molar-refractivity contribution in [2.75, 3.05) is 32.9 Å². The highest BCUT2D eigenvalue weighted by Gasteiger charge is 2.35. The number of hydrogen-bond donors (Lipinski definition) is 0. The fourth-order valence-corrected chi connectivity index (χ4v) is 3.09. The van der Waals surface area contributed by atoms with E-state index in [2.05, 4.69) is 11.0 Å². The van der Waals surface area contributed by atoms with Gasteiger partial charge in [-0.3, -0.25) is 4.90 Å². The number of ether oxygens (including phenoxy) is 2. The van der Waals surface area contributed by atoms with E-state index < -0.39 is 0 Å². The van der Waals surface area contributed by atoms with Crippen molar-refractivity contribution < 1.29 is 14.3 Å². The molecule has 1 unspecified atom stereocenters. The van der Waals surface area contributed by atoms with Gasteiger partial charge >= 0.3 is 0 Å². The summed E-state index contributed by atoms with van der Waals surface area (Å²) in [4.78, 5) is 13.9. The van der Waals surface area contributed by atoms with E-state index in [-0.39, 0.29) is 5.41 Å². The maximum atomic E-state index is 11.5. The molecule has 1 atom stereocenters. The summed E-state index contributed by atoms with van der Waals surface area (Å²) in [5.74, 6) is 0.968. The first-order valence-electron chi connectivity index (χ1n) is 7.28. The van der Waals surface area contributed by atoms with Gasteiger partial charge < -0.3 is 14.3 Å². The summed E-state index contributed by atoms with van der Waals surface area (Å²) in [5, 5.41) is 0. The lowest BCUT2D eigenvalue weighted by atomic mass is 9.83. The van der Waals surface area contributed by atoms with Crippen molar-refractivity contribution in [3.63, 3.8) is 0 Å². The van der Waals surface area contributed by atoms with Gasteiger partial charge in [0.2, 0.25) is 0 Å². The van der Waals surface area contributed by atoms with Gasteiger partial charge in [0.25, 0.3) is 0 Å². The molecular weight excluding hydrogens is 254 g/mol. The Balaban J connectivity index is 1.72. The molecule has 2 heterocycles. The summed E-state index contributed by atoms with van der Waals surface area (Å²) in [7, 11) is 0. The molecule has 0 bridgehead atoms. The van der Waals surface area contributed by atoms with E-state index in [4.69, 9.17) is 9.47 Å². The van der Waals surface area contributed by atoms with E-state index in [1.165, 1.54) is 5.56 Å². The van der Waals surface area contributed by atoms with Crippen LogP contribution in [0.1, 0.15) is 18.4 Å². The topological polar surface area (TPSA) is 38.8 Å². The van der Waals surface area contributed by atoms with Crippen molar-refractivity contribution in [3.8, 4) is 5.75 Å². The summed E-state index contributed by atoms with van der Waals surface area (Å²) < 4.78 is 11.3. The van der Waals surface area contributed by atoms with Crippen LogP contribution in [-0.2, 0) is 16.1 Å². The van der Waals surface area contributed by atoms with Gasteiger partial charge in [0, 0.05) is 31.8 Å². The molecule has 0 N–H and O–H groups in total. The molecule has 108 valence electrons. The van der Waals surface area contributed by atoms with Gasteiger partial charge in [-0.25, -0.2) is 0 Å². The minimum Gasteiger partial charge on any atom is -0.492 e. The van der Waals surface area contributed by atoms with Gasteiger partial charge in [-0.1, -0.05) is 18.2 Å². The molecule has 0 aliphatic carbocycles. The molecule has 0 amide bonds. The molecule has 4 heteroatoms. The molecule has 0 spiro atoms. The van der Waals surface area contributed by atoms with E-state index in [1.807, 2.05) is 18.2 Å². The monoisotopic (exact) mass is 275 g/mol. The third-order valence-corrected chi connectivity index (χ3v) is 4.17. The summed E-state index contributed by atoms with van der Waals surface area (Å²) >= 11 is 0. The van der Waals surface area contributed by atoms with Crippen molar-refractivity contribution in [3.05, 3.63) is 29.8 Å². The van der Waals surface area contributed by atoms with Crippen LogP contribution in [0.25, 0.3) is 0 Å². The van der Waals surface area contributed by atoms with E-state index in [0.29, 0.717) is 13.2 Å². The van der Waals surface area contributed by atoms with Gasteiger partial charge in [0.05, 0.1) is 12.0 Å². The molecule has 2 aliphatic heterocycles. The summed E-state index contributed by atoms with van der Waals surface area (Å²) in [6.07, 6.45) is 3.00. The lowest BCUT2D eigenvalue weighted by Gasteiger charge is -2.36. The highest BCUT2D eigenvalue weighted by Crippen LogP contribution is 2.30. The van der Waals surface area contributed by atoms with Crippen LogP contribution in [0.2, 0.25) is 0 Å². The molecule has 20 heavy (non-hydrogen) atoms. The Morgan fingerprint density at radius 2 is 2.20 bits per heavy atom. The van der Waals surface area contributed by atoms with Crippen LogP contribution in [-0.4, -0.2) is 44.1 Å². The van der Waals surface area contributed by atoms with Gasteiger partial charge in [0.15, 0.2) is 0 Å². The second kappa shape index (κ2) is 5.94. The van der Waals surface area contributed by atoms with Crippen LogP contribution >= 0.6 is 0 Å². The van der Waals surface area contributed by atoms with Gasteiger partial charge in [-0.2, -0.15) is 0 Å². The van der Waals surface area contributed by atoms with Crippen molar-refractivity contribution in [1.29, 1.82) is 0 Å². The number of rotatable bonds is 3.